The molecule has 11 heteroatoms. The molecule has 0 spiro atoms. The summed E-state index contributed by atoms with van der Waals surface area (Å²) < 4.78 is 61.5. The Morgan fingerprint density at radius 2 is 1.77 bits per heavy atom. The van der Waals surface area contributed by atoms with Gasteiger partial charge in [0.2, 0.25) is 11.9 Å². The fourth-order valence-electron chi connectivity index (χ4n) is 2.52. The Balaban J connectivity index is 1.73. The molecule has 1 aliphatic rings. The van der Waals surface area contributed by atoms with Crippen molar-refractivity contribution in [2.75, 3.05) is 44.2 Å². The molecule has 0 aliphatic carbocycles. The van der Waals surface area contributed by atoms with E-state index in [-0.39, 0.29) is 24.8 Å². The van der Waals surface area contributed by atoms with Crippen molar-refractivity contribution in [3.63, 3.8) is 0 Å². The zero-order valence-electron chi connectivity index (χ0n) is 14.0. The minimum Gasteiger partial charge on any atom is -0.339 e. The van der Waals surface area contributed by atoms with Gasteiger partial charge in [-0.2, -0.15) is 13.2 Å². The van der Waals surface area contributed by atoms with Crippen LogP contribution in [0.4, 0.5) is 27.9 Å². The zero-order chi connectivity index (χ0) is 19.2. The van der Waals surface area contributed by atoms with Gasteiger partial charge in [0.25, 0.3) is 6.43 Å². The van der Waals surface area contributed by atoms with Crippen molar-refractivity contribution in [1.29, 1.82) is 0 Å². The van der Waals surface area contributed by atoms with Gasteiger partial charge in [-0.05, 0) is 13.0 Å². The average molecular weight is 381 g/mol. The number of carbonyl (C=O) groups excluding carboxylic acids is 1. The average Bonchev–Trinajstić information content (AvgIpc) is 2.60. The third-order valence-electron chi connectivity index (χ3n) is 3.92. The van der Waals surface area contributed by atoms with E-state index in [1.54, 1.807) is 9.80 Å². The van der Waals surface area contributed by atoms with Gasteiger partial charge in [0.1, 0.15) is 0 Å². The van der Waals surface area contributed by atoms with E-state index in [1.807, 2.05) is 0 Å². The number of carbonyl (C=O) groups is 1. The first kappa shape index (κ1) is 20.3. The van der Waals surface area contributed by atoms with Crippen molar-refractivity contribution in [2.24, 2.45) is 0 Å². The maximum absolute atomic E-state index is 12.5. The van der Waals surface area contributed by atoms with Gasteiger partial charge in [0, 0.05) is 45.0 Å². The molecule has 1 saturated heterocycles. The normalized spacial score (nSPS) is 15.6. The van der Waals surface area contributed by atoms with Crippen LogP contribution in [0.5, 0.6) is 0 Å². The standard InChI is InChI=1S/C15H20F5N5O/c16-12(17)10-21-3-1-2-13(26)24-4-6-25(7-5-24)14-22-8-11(9-23-14)15(18,19)20/h8-9,12,21H,1-7,10H2. The first-order valence-electron chi connectivity index (χ1n) is 8.18. The van der Waals surface area contributed by atoms with Crippen LogP contribution >= 0.6 is 0 Å². The summed E-state index contributed by atoms with van der Waals surface area (Å²) in [4.78, 5) is 22.9. The lowest BCUT2D eigenvalue weighted by atomic mass is 10.2. The first-order valence-corrected chi connectivity index (χ1v) is 8.18. The summed E-state index contributed by atoms with van der Waals surface area (Å²) in [7, 11) is 0. The number of halogens is 5. The predicted molar refractivity (Wildman–Crippen MR) is 83.9 cm³/mol. The summed E-state index contributed by atoms with van der Waals surface area (Å²) in [6, 6.07) is 0. The van der Waals surface area contributed by atoms with Gasteiger partial charge >= 0.3 is 6.18 Å². The Morgan fingerprint density at radius 1 is 1.15 bits per heavy atom. The van der Waals surface area contributed by atoms with Crippen molar-refractivity contribution in [3.05, 3.63) is 18.0 Å². The highest BCUT2D eigenvalue weighted by Crippen LogP contribution is 2.28. The summed E-state index contributed by atoms with van der Waals surface area (Å²) in [5, 5.41) is 2.56. The second-order valence-corrected chi connectivity index (χ2v) is 5.84. The molecule has 0 unspecified atom stereocenters. The van der Waals surface area contributed by atoms with Crippen molar-refractivity contribution < 1.29 is 26.7 Å². The highest BCUT2D eigenvalue weighted by Gasteiger charge is 2.32. The van der Waals surface area contributed by atoms with Crippen molar-refractivity contribution >= 4 is 11.9 Å². The molecule has 1 aromatic rings. The van der Waals surface area contributed by atoms with Gasteiger partial charge < -0.3 is 15.1 Å². The molecule has 6 nitrogen and oxygen atoms in total. The molecule has 1 aliphatic heterocycles. The Bertz CT molecular complexity index is 573. The number of anilines is 1. The van der Waals surface area contributed by atoms with Crippen LogP contribution in [-0.4, -0.2) is 66.5 Å². The number of nitrogens with one attached hydrogen (secondary N) is 1. The minimum atomic E-state index is -4.48. The lowest BCUT2D eigenvalue weighted by Crippen LogP contribution is -2.49. The molecule has 1 aromatic heterocycles. The Hall–Kier alpha value is -2.04. The zero-order valence-corrected chi connectivity index (χ0v) is 14.0. The second-order valence-electron chi connectivity index (χ2n) is 5.84. The Morgan fingerprint density at radius 3 is 2.31 bits per heavy atom. The van der Waals surface area contributed by atoms with Crippen LogP contribution in [0.2, 0.25) is 0 Å². The summed E-state index contributed by atoms with van der Waals surface area (Å²) in [5.41, 5.74) is -0.907. The summed E-state index contributed by atoms with van der Waals surface area (Å²) in [5.74, 6) is 0.123. The molecule has 0 bridgehead atoms. The first-order chi connectivity index (χ1) is 12.3. The molecule has 0 radical (unpaired) electrons. The number of hydrogen-bond acceptors (Lipinski definition) is 5. The van der Waals surface area contributed by atoms with Crippen LogP contribution in [0.25, 0.3) is 0 Å². The van der Waals surface area contributed by atoms with Crippen LogP contribution in [-0.2, 0) is 11.0 Å². The number of hydrogen-bond donors (Lipinski definition) is 1. The SMILES string of the molecule is O=C(CCCNCC(F)F)N1CCN(c2ncc(C(F)(F)F)cn2)CC1. The van der Waals surface area contributed by atoms with Crippen LogP contribution in [0.3, 0.4) is 0 Å². The number of aromatic nitrogens is 2. The Labute approximate surface area is 147 Å². The van der Waals surface area contributed by atoms with E-state index in [9.17, 15) is 26.7 Å². The van der Waals surface area contributed by atoms with E-state index in [0.717, 1.165) is 12.4 Å². The largest absolute Gasteiger partial charge is 0.419 e. The van der Waals surface area contributed by atoms with E-state index in [2.05, 4.69) is 15.3 Å². The molecule has 0 aromatic carbocycles. The summed E-state index contributed by atoms with van der Waals surface area (Å²) in [6.07, 6.45) is -4.68. The van der Waals surface area contributed by atoms with E-state index in [1.165, 1.54) is 0 Å². The molecule has 1 amide bonds. The van der Waals surface area contributed by atoms with E-state index in [0.29, 0.717) is 39.1 Å². The fraction of sp³-hybridized carbons (Fsp3) is 0.667. The molecule has 146 valence electrons. The second kappa shape index (κ2) is 9.06. The summed E-state index contributed by atoms with van der Waals surface area (Å²) in [6.45, 7) is 1.61. The number of rotatable bonds is 7. The van der Waals surface area contributed by atoms with Crippen LogP contribution < -0.4 is 10.2 Å². The molecule has 2 heterocycles. The molecular weight excluding hydrogens is 361 g/mol. The van der Waals surface area contributed by atoms with Gasteiger partial charge in [0.05, 0.1) is 12.1 Å². The molecule has 26 heavy (non-hydrogen) atoms. The monoisotopic (exact) mass is 381 g/mol. The lowest BCUT2D eigenvalue weighted by Gasteiger charge is -2.34. The third kappa shape index (κ3) is 6.04. The minimum absolute atomic E-state index is 0.0724. The Kier molecular flexibility index (Phi) is 7.06. The van der Waals surface area contributed by atoms with Gasteiger partial charge in [0.15, 0.2) is 0 Å². The fourth-order valence-corrected chi connectivity index (χ4v) is 2.52. The number of nitrogens with zero attached hydrogens (tertiary/aromatic N) is 4. The highest BCUT2D eigenvalue weighted by molar-refractivity contribution is 5.76. The molecule has 2 rings (SSSR count). The van der Waals surface area contributed by atoms with E-state index >= 15 is 0 Å². The van der Waals surface area contributed by atoms with Gasteiger partial charge in [-0.3, -0.25) is 4.79 Å². The molecule has 1 N–H and O–H groups in total. The molecule has 0 saturated carbocycles. The summed E-state index contributed by atoms with van der Waals surface area (Å²) >= 11 is 0. The number of alkyl halides is 5. The topological polar surface area (TPSA) is 61.4 Å². The van der Waals surface area contributed by atoms with Crippen molar-refractivity contribution in [1.82, 2.24) is 20.2 Å². The maximum Gasteiger partial charge on any atom is 0.419 e. The third-order valence-corrected chi connectivity index (χ3v) is 3.92. The highest BCUT2D eigenvalue weighted by atomic mass is 19.4. The number of amides is 1. The molecule has 1 fully saturated rings. The quantitative estimate of drug-likeness (QED) is 0.576. The van der Waals surface area contributed by atoms with Crippen molar-refractivity contribution in [2.45, 2.75) is 25.4 Å². The maximum atomic E-state index is 12.5. The van der Waals surface area contributed by atoms with Gasteiger partial charge in [-0.1, -0.05) is 0 Å². The lowest BCUT2D eigenvalue weighted by molar-refractivity contribution is -0.138. The number of piperazine rings is 1. The smallest absolute Gasteiger partial charge is 0.339 e. The van der Waals surface area contributed by atoms with Gasteiger partial charge in [-0.25, -0.2) is 18.7 Å². The molecule has 0 atom stereocenters. The van der Waals surface area contributed by atoms with Crippen LogP contribution in [0.1, 0.15) is 18.4 Å². The molecular formula is C15H20F5N5O. The van der Waals surface area contributed by atoms with E-state index < -0.39 is 18.2 Å². The van der Waals surface area contributed by atoms with E-state index in [4.69, 9.17) is 0 Å². The van der Waals surface area contributed by atoms with Gasteiger partial charge in [-0.15, -0.1) is 0 Å². The predicted octanol–water partition coefficient (Wildman–Crippen LogP) is 1.78. The van der Waals surface area contributed by atoms with Crippen LogP contribution in [0.15, 0.2) is 12.4 Å². The van der Waals surface area contributed by atoms with Crippen molar-refractivity contribution in [3.8, 4) is 0 Å². The van der Waals surface area contributed by atoms with Crippen LogP contribution in [0, 0.1) is 0 Å².